The Bertz CT molecular complexity index is 2880. The van der Waals surface area contributed by atoms with Crippen molar-refractivity contribution < 1.29 is 61.3 Å². The van der Waals surface area contributed by atoms with E-state index in [0.717, 1.165) is 52.9 Å². The summed E-state index contributed by atoms with van der Waals surface area (Å²) in [7, 11) is 6.72. The minimum absolute atomic E-state index is 0.0324. The first-order chi connectivity index (χ1) is 37.4. The molecule has 6 aromatic carbocycles. The molecular formula is C60H69IN2O13Si. The van der Waals surface area contributed by atoms with E-state index >= 15 is 0 Å². The first-order valence-corrected chi connectivity index (χ1v) is 28.0. The molecule has 0 radical (unpaired) electrons. The van der Waals surface area contributed by atoms with Gasteiger partial charge in [0.2, 0.25) is 0 Å². The average molecular weight is 1180 g/mol. The molecule has 0 fully saturated rings. The van der Waals surface area contributed by atoms with E-state index in [9.17, 15) is 10.5 Å². The van der Waals surface area contributed by atoms with Gasteiger partial charge in [0.25, 0.3) is 8.32 Å². The van der Waals surface area contributed by atoms with Crippen molar-refractivity contribution in [2.75, 3.05) is 95.9 Å². The zero-order valence-corrected chi connectivity index (χ0v) is 48.6. The maximum atomic E-state index is 9.82. The topological polar surface area (TPSA) is 168 Å². The predicted octanol–water partition coefficient (Wildman–Crippen LogP) is 9.98. The zero-order chi connectivity index (χ0) is 55.2. The summed E-state index contributed by atoms with van der Waals surface area (Å²) < 4.78 is 79.1. The Morgan fingerprint density at radius 2 is 0.792 bits per heavy atom. The van der Waals surface area contributed by atoms with Crippen LogP contribution in [0.15, 0.2) is 109 Å². The fraction of sp³-hybridized carbons (Fsp3) is 0.367. The van der Waals surface area contributed by atoms with Gasteiger partial charge in [0.15, 0.2) is 26.8 Å². The zero-order valence-electron chi connectivity index (χ0n) is 45.5. The van der Waals surface area contributed by atoms with Gasteiger partial charge in [-0.1, -0.05) is 81.4 Å². The Morgan fingerprint density at radius 3 is 1.18 bits per heavy atom. The van der Waals surface area contributed by atoms with Crippen molar-refractivity contribution in [3.8, 4) is 58.1 Å². The van der Waals surface area contributed by atoms with Crippen molar-refractivity contribution in [3.63, 3.8) is 0 Å². The molecule has 0 unspecified atom stereocenters. The monoisotopic (exact) mass is 1180 g/mol. The largest absolute Gasteiger partial charge is 0.496 e. The van der Waals surface area contributed by atoms with Crippen molar-refractivity contribution in [2.24, 2.45) is 0 Å². The molecule has 0 N–H and O–H groups in total. The molecule has 0 atom stereocenters. The van der Waals surface area contributed by atoms with E-state index in [0.29, 0.717) is 91.7 Å². The average Bonchev–Trinajstić information content (AvgIpc) is 3.46. The quantitative estimate of drug-likeness (QED) is 0.0174. The standard InChI is InChI=1S/C60H69IN2O13Si/c1-60(2,3)77(49-16-12-10-13-17-49,50-18-14-11-15-19-50)76-39-48-37-54(68-8)44(35-57(48)75-41-71-27-25-65-5)28-45-31-52(66-6)42(33-55(45)72-22-20-62)29-46-32-53(67-7)43(34-56(46)74-40-70-26-24-64-4)30-47-36-59(69-9)51(61)38-58(47)73-23-21-63/h10-19,31-38H,22-30,39-41H2,1-9H3. The molecule has 0 bridgehead atoms. The van der Waals surface area contributed by atoms with Crippen LogP contribution >= 0.6 is 22.6 Å². The molecule has 0 aliphatic heterocycles. The third-order valence-electron chi connectivity index (χ3n) is 12.8. The molecule has 6 rings (SSSR count). The van der Waals surface area contributed by atoms with Gasteiger partial charge in [-0.15, -0.1) is 0 Å². The summed E-state index contributed by atoms with van der Waals surface area (Å²) in [4.78, 5) is 0. The number of ether oxygens (including phenoxy) is 12. The molecule has 0 amide bonds. The second-order valence-electron chi connectivity index (χ2n) is 18.6. The third-order valence-corrected chi connectivity index (χ3v) is 18.6. The van der Waals surface area contributed by atoms with E-state index < -0.39 is 8.32 Å². The molecule has 0 spiro atoms. The van der Waals surface area contributed by atoms with Crippen LogP contribution in [0.2, 0.25) is 5.04 Å². The molecule has 77 heavy (non-hydrogen) atoms. The number of methoxy groups -OCH3 is 6. The lowest BCUT2D eigenvalue weighted by atomic mass is 9.95. The molecule has 0 saturated heterocycles. The van der Waals surface area contributed by atoms with Crippen LogP contribution in [-0.4, -0.2) is 104 Å². The molecule has 0 aliphatic carbocycles. The Labute approximate surface area is 468 Å². The number of hydrogen-bond acceptors (Lipinski definition) is 15. The molecule has 0 heterocycles. The second kappa shape index (κ2) is 29.8. The molecule has 0 saturated carbocycles. The number of rotatable bonds is 31. The van der Waals surface area contributed by atoms with Gasteiger partial charge in [-0.25, -0.2) is 0 Å². The summed E-state index contributed by atoms with van der Waals surface area (Å²) in [6.45, 7) is 7.99. The first-order valence-electron chi connectivity index (χ1n) is 25.0. The van der Waals surface area contributed by atoms with E-state index in [4.69, 9.17) is 61.3 Å². The molecule has 0 aromatic heterocycles. The highest BCUT2D eigenvalue weighted by Crippen LogP contribution is 2.42. The van der Waals surface area contributed by atoms with Crippen molar-refractivity contribution in [1.82, 2.24) is 0 Å². The summed E-state index contributed by atoms with van der Waals surface area (Å²) in [5.41, 5.74) is 5.36. The fourth-order valence-corrected chi connectivity index (χ4v) is 14.3. The molecule has 15 nitrogen and oxygen atoms in total. The van der Waals surface area contributed by atoms with Crippen LogP contribution in [0.5, 0.6) is 46.0 Å². The maximum Gasteiger partial charge on any atom is 0.261 e. The van der Waals surface area contributed by atoms with Gasteiger partial charge in [-0.2, -0.15) is 10.5 Å². The van der Waals surface area contributed by atoms with Gasteiger partial charge in [0.05, 0.1) is 65.0 Å². The van der Waals surface area contributed by atoms with E-state index in [1.165, 1.54) is 0 Å². The predicted molar refractivity (Wildman–Crippen MR) is 304 cm³/mol. The van der Waals surface area contributed by atoms with Gasteiger partial charge < -0.3 is 61.3 Å². The fourth-order valence-electron chi connectivity index (χ4n) is 9.11. The van der Waals surface area contributed by atoms with E-state index in [1.54, 1.807) is 42.7 Å². The van der Waals surface area contributed by atoms with Crippen molar-refractivity contribution in [3.05, 3.63) is 152 Å². The molecule has 6 aromatic rings. The van der Waals surface area contributed by atoms with Gasteiger partial charge in [-0.05, 0) is 86.5 Å². The van der Waals surface area contributed by atoms with Crippen LogP contribution in [0.3, 0.4) is 0 Å². The van der Waals surface area contributed by atoms with Crippen LogP contribution in [0, 0.1) is 26.2 Å². The van der Waals surface area contributed by atoms with E-state index in [1.807, 2.05) is 60.7 Å². The highest BCUT2D eigenvalue weighted by molar-refractivity contribution is 14.1. The van der Waals surface area contributed by atoms with Gasteiger partial charge in [0.1, 0.15) is 58.1 Å². The van der Waals surface area contributed by atoms with Crippen LogP contribution < -0.4 is 48.3 Å². The Morgan fingerprint density at radius 1 is 0.442 bits per heavy atom. The third kappa shape index (κ3) is 15.6. The van der Waals surface area contributed by atoms with Gasteiger partial charge >= 0.3 is 0 Å². The molecule has 0 aliphatic rings. The number of benzene rings is 6. The highest BCUT2D eigenvalue weighted by atomic mass is 127. The second-order valence-corrected chi connectivity index (χ2v) is 24.1. The Kier molecular flexibility index (Phi) is 23.1. The van der Waals surface area contributed by atoms with Crippen molar-refractivity contribution in [1.29, 1.82) is 10.5 Å². The van der Waals surface area contributed by atoms with Crippen LogP contribution in [0.4, 0.5) is 0 Å². The Hall–Kier alpha value is -6.55. The maximum absolute atomic E-state index is 9.82. The van der Waals surface area contributed by atoms with Crippen molar-refractivity contribution >= 4 is 41.3 Å². The lowest BCUT2D eigenvalue weighted by Crippen LogP contribution is -2.66. The van der Waals surface area contributed by atoms with Crippen LogP contribution in [-0.2, 0) is 49.2 Å². The normalized spacial score (nSPS) is 11.3. The minimum Gasteiger partial charge on any atom is -0.496 e. The SMILES string of the molecule is COCCOCOc1cc(Cc2cc(OC)c(Cc3cc(OC)c(Cc4cc(OC)c(I)cc4OCC#N)cc3OCOCCOC)cc2OCC#N)c(OC)cc1CO[Si](c1ccccc1)(c1ccccc1)C(C)(C)C. The Balaban J connectivity index is 1.41. The minimum atomic E-state index is -2.97. The first kappa shape index (κ1) is 59.7. The van der Waals surface area contributed by atoms with Gasteiger partial charge in [-0.3, -0.25) is 0 Å². The number of halogens is 1. The molecule has 17 heteroatoms. The summed E-state index contributed by atoms with van der Waals surface area (Å²) in [6.07, 6.45) is 0.958. The number of nitrogens with zero attached hydrogens (tertiary/aromatic N) is 2. The van der Waals surface area contributed by atoms with E-state index in [-0.39, 0.29) is 38.4 Å². The molecule has 408 valence electrons. The van der Waals surface area contributed by atoms with Crippen molar-refractivity contribution in [2.45, 2.75) is 51.7 Å². The smallest absolute Gasteiger partial charge is 0.261 e. The number of nitriles is 2. The summed E-state index contributed by atoms with van der Waals surface area (Å²) in [6, 6.07) is 40.5. The number of hydrogen-bond donors (Lipinski definition) is 0. The van der Waals surface area contributed by atoms with E-state index in [2.05, 4.69) is 104 Å². The lowest BCUT2D eigenvalue weighted by Gasteiger charge is -2.43. The summed E-state index contributed by atoms with van der Waals surface area (Å²) >= 11 is 2.18. The summed E-state index contributed by atoms with van der Waals surface area (Å²) in [5, 5.41) is 21.2. The molecular weight excluding hydrogens is 1110 g/mol. The lowest BCUT2D eigenvalue weighted by molar-refractivity contribution is -0.00929. The highest BCUT2D eigenvalue weighted by Gasteiger charge is 2.50. The van der Waals surface area contributed by atoms with Crippen LogP contribution in [0.1, 0.15) is 59.7 Å². The van der Waals surface area contributed by atoms with Crippen LogP contribution in [0.25, 0.3) is 0 Å². The van der Waals surface area contributed by atoms with Gasteiger partial charge in [0, 0.05) is 72.4 Å². The summed E-state index contributed by atoms with van der Waals surface area (Å²) in [5.74, 6) is 4.53.